The van der Waals surface area contributed by atoms with E-state index in [1.54, 1.807) is 19.5 Å². The van der Waals surface area contributed by atoms with Crippen LogP contribution >= 0.6 is 0 Å². The van der Waals surface area contributed by atoms with E-state index in [4.69, 9.17) is 10.5 Å². The Kier molecular flexibility index (Phi) is 4.12. The number of nitrogens with two attached hydrogens (primary N) is 1. The molecule has 0 radical (unpaired) electrons. The number of aromatic nitrogens is 2. The normalized spacial score (nSPS) is 10.8. The highest BCUT2D eigenvalue weighted by Gasteiger charge is 2.10. The monoisotopic (exact) mass is 257 g/mol. The first-order valence-electron chi connectivity index (χ1n) is 6.35. The summed E-state index contributed by atoms with van der Waals surface area (Å²) < 4.78 is 5.38. The third kappa shape index (κ3) is 2.90. The molecule has 0 saturated carbocycles. The molecule has 100 valence electrons. The zero-order chi connectivity index (χ0) is 13.8. The number of methoxy groups -OCH3 is 1. The molecule has 0 spiro atoms. The molecule has 0 saturated heterocycles. The summed E-state index contributed by atoms with van der Waals surface area (Å²) in [6.07, 6.45) is 3.53. The first-order valence-corrected chi connectivity index (χ1v) is 6.35. The molecule has 0 amide bonds. The third-order valence-electron chi connectivity index (χ3n) is 3.05. The summed E-state index contributed by atoms with van der Waals surface area (Å²) in [6, 6.07) is 6.02. The highest BCUT2D eigenvalue weighted by atomic mass is 16.5. The SMILES string of the molecule is COc1ccc(-c2ncc(CN)cn2)cc1C(C)C. The van der Waals surface area contributed by atoms with Crippen molar-refractivity contribution in [2.75, 3.05) is 7.11 Å². The zero-order valence-corrected chi connectivity index (χ0v) is 11.6. The fraction of sp³-hybridized carbons (Fsp3) is 0.333. The topological polar surface area (TPSA) is 61.0 Å². The van der Waals surface area contributed by atoms with Gasteiger partial charge in [0.25, 0.3) is 0 Å². The lowest BCUT2D eigenvalue weighted by molar-refractivity contribution is 0.407. The van der Waals surface area contributed by atoms with Crippen molar-refractivity contribution >= 4 is 0 Å². The predicted octanol–water partition coefficient (Wildman–Crippen LogP) is 2.73. The maximum absolute atomic E-state index is 5.54. The standard InChI is InChI=1S/C15H19N3O/c1-10(2)13-6-12(4-5-14(13)19-3)15-17-8-11(7-16)9-18-15/h4-6,8-10H,7,16H2,1-3H3. The van der Waals surface area contributed by atoms with E-state index in [9.17, 15) is 0 Å². The van der Waals surface area contributed by atoms with Crippen LogP contribution < -0.4 is 10.5 Å². The molecule has 0 aliphatic rings. The third-order valence-corrected chi connectivity index (χ3v) is 3.05. The molecule has 0 fully saturated rings. The van der Waals surface area contributed by atoms with Gasteiger partial charge in [-0.25, -0.2) is 9.97 Å². The van der Waals surface area contributed by atoms with Crippen LogP contribution in [0.2, 0.25) is 0 Å². The van der Waals surface area contributed by atoms with E-state index in [0.717, 1.165) is 22.4 Å². The van der Waals surface area contributed by atoms with Crippen LogP contribution in [0.1, 0.15) is 30.9 Å². The van der Waals surface area contributed by atoms with Gasteiger partial charge >= 0.3 is 0 Å². The fourth-order valence-electron chi connectivity index (χ4n) is 1.93. The Morgan fingerprint density at radius 1 is 1.21 bits per heavy atom. The first-order chi connectivity index (χ1) is 9.15. The quantitative estimate of drug-likeness (QED) is 0.914. The molecule has 2 N–H and O–H groups in total. The molecular formula is C15H19N3O. The van der Waals surface area contributed by atoms with E-state index in [-0.39, 0.29) is 0 Å². The molecule has 0 bridgehead atoms. The van der Waals surface area contributed by atoms with Crippen LogP contribution in [0.3, 0.4) is 0 Å². The number of ether oxygens (including phenoxy) is 1. The summed E-state index contributed by atoms with van der Waals surface area (Å²) >= 11 is 0. The lowest BCUT2D eigenvalue weighted by Crippen LogP contribution is -2.00. The van der Waals surface area contributed by atoms with Crippen LogP contribution in [0.15, 0.2) is 30.6 Å². The van der Waals surface area contributed by atoms with Crippen LogP contribution in [0.4, 0.5) is 0 Å². The first kappa shape index (κ1) is 13.5. The van der Waals surface area contributed by atoms with Crippen molar-refractivity contribution in [2.45, 2.75) is 26.3 Å². The van der Waals surface area contributed by atoms with Crippen LogP contribution in [0.5, 0.6) is 5.75 Å². The highest BCUT2D eigenvalue weighted by Crippen LogP contribution is 2.30. The summed E-state index contributed by atoms with van der Waals surface area (Å²) in [5, 5.41) is 0. The summed E-state index contributed by atoms with van der Waals surface area (Å²) in [6.45, 7) is 4.74. The average molecular weight is 257 g/mol. The van der Waals surface area contributed by atoms with Crippen molar-refractivity contribution in [1.29, 1.82) is 0 Å². The minimum Gasteiger partial charge on any atom is -0.496 e. The van der Waals surface area contributed by atoms with Crippen molar-refractivity contribution in [3.8, 4) is 17.1 Å². The van der Waals surface area contributed by atoms with Crippen LogP contribution in [0.25, 0.3) is 11.4 Å². The molecule has 1 heterocycles. The van der Waals surface area contributed by atoms with Gasteiger partial charge in [0.05, 0.1) is 7.11 Å². The van der Waals surface area contributed by atoms with Gasteiger partial charge in [-0.15, -0.1) is 0 Å². The molecule has 1 aromatic heterocycles. The Labute approximate surface area is 113 Å². The van der Waals surface area contributed by atoms with Gasteiger partial charge in [0.1, 0.15) is 5.75 Å². The Balaban J connectivity index is 2.41. The van der Waals surface area contributed by atoms with E-state index in [1.807, 2.05) is 12.1 Å². The molecule has 1 aromatic carbocycles. The Hall–Kier alpha value is -1.94. The van der Waals surface area contributed by atoms with Crippen molar-refractivity contribution in [2.24, 2.45) is 5.73 Å². The second kappa shape index (κ2) is 5.80. The summed E-state index contributed by atoms with van der Waals surface area (Å²) in [7, 11) is 1.69. The second-order valence-electron chi connectivity index (χ2n) is 4.73. The number of rotatable bonds is 4. The second-order valence-corrected chi connectivity index (χ2v) is 4.73. The highest BCUT2D eigenvalue weighted by molar-refractivity contribution is 5.59. The molecule has 0 unspecified atom stereocenters. The molecule has 19 heavy (non-hydrogen) atoms. The number of nitrogens with zero attached hydrogens (tertiary/aromatic N) is 2. The van der Waals surface area contributed by atoms with Crippen molar-refractivity contribution in [1.82, 2.24) is 9.97 Å². The maximum Gasteiger partial charge on any atom is 0.159 e. The fourth-order valence-corrected chi connectivity index (χ4v) is 1.93. The van der Waals surface area contributed by atoms with Crippen LogP contribution in [-0.2, 0) is 6.54 Å². The minimum atomic E-state index is 0.387. The van der Waals surface area contributed by atoms with Crippen LogP contribution in [-0.4, -0.2) is 17.1 Å². The van der Waals surface area contributed by atoms with Gasteiger partial charge in [-0.2, -0.15) is 0 Å². The summed E-state index contributed by atoms with van der Waals surface area (Å²) in [5.41, 5.74) is 8.63. The Morgan fingerprint density at radius 3 is 2.42 bits per heavy atom. The van der Waals surface area contributed by atoms with Gasteiger partial charge in [-0.1, -0.05) is 13.8 Å². The zero-order valence-electron chi connectivity index (χ0n) is 11.6. The van der Waals surface area contributed by atoms with E-state index in [2.05, 4.69) is 29.9 Å². The summed E-state index contributed by atoms with van der Waals surface area (Å²) in [5.74, 6) is 2.00. The van der Waals surface area contributed by atoms with Gasteiger partial charge < -0.3 is 10.5 Å². The Bertz CT molecular complexity index is 550. The molecular weight excluding hydrogens is 238 g/mol. The average Bonchev–Trinajstić information content (AvgIpc) is 2.46. The molecule has 0 aliphatic heterocycles. The number of hydrogen-bond acceptors (Lipinski definition) is 4. The van der Waals surface area contributed by atoms with Gasteiger partial charge in [-0.3, -0.25) is 0 Å². The summed E-state index contributed by atoms with van der Waals surface area (Å²) in [4.78, 5) is 8.69. The molecule has 4 heteroatoms. The van der Waals surface area contributed by atoms with E-state index < -0.39 is 0 Å². The lowest BCUT2D eigenvalue weighted by atomic mass is 9.99. The van der Waals surface area contributed by atoms with Gasteiger partial charge in [0, 0.05) is 30.1 Å². The minimum absolute atomic E-state index is 0.387. The maximum atomic E-state index is 5.54. The lowest BCUT2D eigenvalue weighted by Gasteiger charge is -2.13. The molecule has 0 atom stereocenters. The van der Waals surface area contributed by atoms with E-state index >= 15 is 0 Å². The van der Waals surface area contributed by atoms with Crippen LogP contribution in [0, 0.1) is 0 Å². The predicted molar refractivity (Wildman–Crippen MR) is 76.0 cm³/mol. The largest absolute Gasteiger partial charge is 0.496 e. The molecule has 4 nitrogen and oxygen atoms in total. The smallest absolute Gasteiger partial charge is 0.159 e. The van der Waals surface area contributed by atoms with Gasteiger partial charge in [-0.05, 0) is 29.7 Å². The van der Waals surface area contributed by atoms with Crippen molar-refractivity contribution in [3.63, 3.8) is 0 Å². The number of benzene rings is 1. The Morgan fingerprint density at radius 2 is 1.89 bits per heavy atom. The van der Waals surface area contributed by atoms with Gasteiger partial charge in [0.2, 0.25) is 0 Å². The number of hydrogen-bond donors (Lipinski definition) is 1. The van der Waals surface area contributed by atoms with Crippen molar-refractivity contribution < 1.29 is 4.74 Å². The molecule has 0 aliphatic carbocycles. The molecule has 2 rings (SSSR count). The van der Waals surface area contributed by atoms with Gasteiger partial charge in [0.15, 0.2) is 5.82 Å². The van der Waals surface area contributed by atoms with Crippen molar-refractivity contribution in [3.05, 3.63) is 41.7 Å². The molecule has 2 aromatic rings. The van der Waals surface area contributed by atoms with E-state index in [0.29, 0.717) is 18.3 Å². The van der Waals surface area contributed by atoms with E-state index in [1.165, 1.54) is 0 Å².